The van der Waals surface area contributed by atoms with E-state index in [0.29, 0.717) is 6.04 Å². The number of carboxylic acid groups (broad SMARTS) is 1. The Balaban J connectivity index is 1.74. The van der Waals surface area contributed by atoms with E-state index in [1.54, 1.807) is 0 Å². The van der Waals surface area contributed by atoms with E-state index in [4.69, 9.17) is 5.11 Å². The number of carbonyl (C=O) groups is 1. The van der Waals surface area contributed by atoms with Gasteiger partial charge >= 0.3 is 5.97 Å². The molecular formula is C13H26N4O2. The molecule has 2 aliphatic heterocycles. The molecule has 2 saturated heterocycles. The Morgan fingerprint density at radius 2 is 2.00 bits per heavy atom. The van der Waals surface area contributed by atoms with Crippen LogP contribution in [-0.2, 0) is 4.79 Å². The normalized spacial score (nSPS) is 27.5. The molecule has 0 spiro atoms. The number of nitrogens with zero attached hydrogens (tertiary/aromatic N) is 3. The summed E-state index contributed by atoms with van der Waals surface area (Å²) in [6.45, 7) is 8.47. The number of hydrogen-bond donors (Lipinski definition) is 2. The van der Waals surface area contributed by atoms with E-state index in [1.165, 1.54) is 0 Å². The minimum atomic E-state index is -0.716. The van der Waals surface area contributed by atoms with E-state index in [2.05, 4.69) is 27.1 Å². The molecule has 1 atom stereocenters. The highest BCUT2D eigenvalue weighted by molar-refractivity contribution is 5.69. The van der Waals surface area contributed by atoms with Crippen molar-refractivity contribution in [3.8, 4) is 0 Å². The fourth-order valence-corrected chi connectivity index (χ4v) is 2.87. The van der Waals surface area contributed by atoms with Crippen molar-refractivity contribution in [2.24, 2.45) is 0 Å². The molecule has 6 nitrogen and oxygen atoms in total. The monoisotopic (exact) mass is 270 g/mol. The summed E-state index contributed by atoms with van der Waals surface area (Å²) in [6, 6.07) is 0.365. The van der Waals surface area contributed by atoms with Crippen LogP contribution in [0.15, 0.2) is 0 Å². The van der Waals surface area contributed by atoms with E-state index in [-0.39, 0.29) is 6.54 Å². The summed E-state index contributed by atoms with van der Waals surface area (Å²) in [6.07, 6.45) is 1.06. The summed E-state index contributed by atoms with van der Waals surface area (Å²) in [5.74, 6) is -0.716. The Morgan fingerprint density at radius 3 is 2.68 bits per heavy atom. The molecular weight excluding hydrogens is 244 g/mol. The maximum absolute atomic E-state index is 10.9. The smallest absolute Gasteiger partial charge is 0.317 e. The van der Waals surface area contributed by atoms with Crippen LogP contribution in [0.4, 0.5) is 0 Å². The third kappa shape index (κ3) is 4.72. The maximum atomic E-state index is 10.9. The fourth-order valence-electron chi connectivity index (χ4n) is 2.87. The van der Waals surface area contributed by atoms with Crippen LogP contribution >= 0.6 is 0 Å². The molecule has 1 unspecified atom stereocenters. The van der Waals surface area contributed by atoms with E-state index in [1.807, 2.05) is 0 Å². The van der Waals surface area contributed by atoms with Gasteiger partial charge in [0, 0.05) is 51.9 Å². The van der Waals surface area contributed by atoms with Crippen molar-refractivity contribution in [2.75, 3.05) is 66.0 Å². The third-order valence-corrected chi connectivity index (χ3v) is 4.18. The van der Waals surface area contributed by atoms with Gasteiger partial charge in [0.15, 0.2) is 0 Å². The molecule has 0 radical (unpaired) electrons. The van der Waals surface area contributed by atoms with Crippen LogP contribution < -0.4 is 5.32 Å². The van der Waals surface area contributed by atoms with E-state index in [9.17, 15) is 4.79 Å². The zero-order valence-corrected chi connectivity index (χ0v) is 11.8. The summed E-state index contributed by atoms with van der Waals surface area (Å²) in [5.41, 5.74) is 0. The maximum Gasteiger partial charge on any atom is 0.317 e. The summed E-state index contributed by atoms with van der Waals surface area (Å²) in [5, 5.41) is 12.3. The zero-order valence-electron chi connectivity index (χ0n) is 11.8. The predicted octanol–water partition coefficient (Wildman–Crippen LogP) is -1.02. The topological polar surface area (TPSA) is 59.0 Å². The highest BCUT2D eigenvalue weighted by atomic mass is 16.4. The number of likely N-dealkylation sites (N-methyl/N-ethyl adjacent to an activating group) is 1. The van der Waals surface area contributed by atoms with Gasteiger partial charge in [0.2, 0.25) is 0 Å². The highest BCUT2D eigenvalue weighted by Gasteiger charge is 2.24. The van der Waals surface area contributed by atoms with E-state index in [0.717, 1.165) is 58.8 Å². The molecule has 0 bridgehead atoms. The van der Waals surface area contributed by atoms with Crippen molar-refractivity contribution in [3.63, 3.8) is 0 Å². The molecule has 110 valence electrons. The molecule has 2 aliphatic rings. The molecule has 0 saturated carbocycles. The quantitative estimate of drug-likeness (QED) is 0.667. The summed E-state index contributed by atoms with van der Waals surface area (Å²) < 4.78 is 0. The van der Waals surface area contributed by atoms with Crippen LogP contribution in [0.2, 0.25) is 0 Å². The lowest BCUT2D eigenvalue weighted by Gasteiger charge is -2.38. The lowest BCUT2D eigenvalue weighted by Crippen LogP contribution is -2.54. The van der Waals surface area contributed by atoms with Gasteiger partial charge in [-0.3, -0.25) is 9.69 Å². The number of aliphatic carboxylic acids is 1. The number of nitrogens with one attached hydrogen (secondary N) is 1. The first-order valence-electron chi connectivity index (χ1n) is 7.22. The van der Waals surface area contributed by atoms with Crippen LogP contribution in [0.5, 0.6) is 0 Å². The van der Waals surface area contributed by atoms with Crippen molar-refractivity contribution in [3.05, 3.63) is 0 Å². The van der Waals surface area contributed by atoms with Gasteiger partial charge < -0.3 is 20.2 Å². The fraction of sp³-hybridized carbons (Fsp3) is 0.923. The van der Waals surface area contributed by atoms with Crippen molar-refractivity contribution >= 4 is 5.97 Å². The molecule has 0 aromatic carbocycles. The Labute approximate surface area is 115 Å². The van der Waals surface area contributed by atoms with Gasteiger partial charge in [-0.05, 0) is 20.0 Å². The van der Waals surface area contributed by atoms with Gasteiger partial charge in [-0.1, -0.05) is 0 Å². The van der Waals surface area contributed by atoms with Gasteiger partial charge in [0.1, 0.15) is 0 Å². The van der Waals surface area contributed by atoms with Gasteiger partial charge in [-0.15, -0.1) is 0 Å². The minimum Gasteiger partial charge on any atom is -0.480 e. The Bertz CT molecular complexity index is 292. The number of hydrogen-bond acceptors (Lipinski definition) is 5. The molecule has 2 N–H and O–H groups in total. The van der Waals surface area contributed by atoms with E-state index >= 15 is 0 Å². The molecule has 2 heterocycles. The van der Waals surface area contributed by atoms with Crippen LogP contribution in [-0.4, -0.2) is 97.8 Å². The molecule has 0 amide bonds. The number of rotatable bonds is 5. The molecule has 2 rings (SSSR count). The standard InChI is InChI=1S/C13H26N4O2/c1-15-6-8-16(9-7-15)4-2-12-10-14-3-5-17(12)11-13(18)19/h12,14H,2-11H2,1H3,(H,18,19). The van der Waals surface area contributed by atoms with Gasteiger partial charge in [0.25, 0.3) is 0 Å². The molecule has 2 fully saturated rings. The largest absolute Gasteiger partial charge is 0.480 e. The Hall–Kier alpha value is -0.690. The molecule has 0 aromatic rings. The molecule has 0 aromatic heterocycles. The SMILES string of the molecule is CN1CCN(CCC2CNCCN2CC(=O)O)CC1. The third-order valence-electron chi connectivity index (χ3n) is 4.18. The van der Waals surface area contributed by atoms with Gasteiger partial charge in [0.05, 0.1) is 6.54 Å². The van der Waals surface area contributed by atoms with Crippen molar-refractivity contribution in [1.29, 1.82) is 0 Å². The van der Waals surface area contributed by atoms with Gasteiger partial charge in [-0.25, -0.2) is 0 Å². The number of piperazine rings is 2. The summed E-state index contributed by atoms with van der Waals surface area (Å²) >= 11 is 0. The van der Waals surface area contributed by atoms with E-state index < -0.39 is 5.97 Å². The van der Waals surface area contributed by atoms with Crippen molar-refractivity contribution in [2.45, 2.75) is 12.5 Å². The Morgan fingerprint density at radius 1 is 1.26 bits per heavy atom. The first kappa shape index (κ1) is 14.7. The predicted molar refractivity (Wildman–Crippen MR) is 74.4 cm³/mol. The average Bonchev–Trinajstić information content (AvgIpc) is 2.39. The van der Waals surface area contributed by atoms with Crippen LogP contribution in [0.3, 0.4) is 0 Å². The summed E-state index contributed by atoms with van der Waals surface area (Å²) in [4.78, 5) is 17.8. The summed E-state index contributed by atoms with van der Waals surface area (Å²) in [7, 11) is 2.16. The average molecular weight is 270 g/mol. The second-order valence-corrected chi connectivity index (χ2v) is 5.66. The molecule has 19 heavy (non-hydrogen) atoms. The minimum absolute atomic E-state index is 0.176. The van der Waals surface area contributed by atoms with Crippen molar-refractivity contribution < 1.29 is 9.90 Å². The first-order valence-corrected chi connectivity index (χ1v) is 7.22. The van der Waals surface area contributed by atoms with Crippen LogP contribution in [0, 0.1) is 0 Å². The molecule has 0 aliphatic carbocycles. The van der Waals surface area contributed by atoms with Crippen molar-refractivity contribution in [1.82, 2.24) is 20.0 Å². The van der Waals surface area contributed by atoms with Crippen LogP contribution in [0.1, 0.15) is 6.42 Å². The Kier molecular flexibility index (Phi) is 5.57. The van der Waals surface area contributed by atoms with Crippen LogP contribution in [0.25, 0.3) is 0 Å². The molecule has 6 heteroatoms. The number of carboxylic acids is 1. The second-order valence-electron chi connectivity index (χ2n) is 5.66. The first-order chi connectivity index (χ1) is 9.15. The van der Waals surface area contributed by atoms with Gasteiger partial charge in [-0.2, -0.15) is 0 Å². The zero-order chi connectivity index (χ0) is 13.7. The highest BCUT2D eigenvalue weighted by Crippen LogP contribution is 2.09. The lowest BCUT2D eigenvalue weighted by molar-refractivity contribution is -0.139. The second kappa shape index (κ2) is 7.19. The lowest BCUT2D eigenvalue weighted by atomic mass is 10.1.